The number of carbonyl (C=O) groups excluding carboxylic acids is 1. The SMILES string of the molecule is CC[C@H](C)[C@H](C)C(=O)Nc1cnccc1CO. The molecule has 0 spiro atoms. The third kappa shape index (κ3) is 3.53. The molecule has 17 heavy (non-hydrogen) atoms. The van der Waals surface area contributed by atoms with Gasteiger partial charge in [-0.25, -0.2) is 0 Å². The third-order valence-corrected chi connectivity index (χ3v) is 3.25. The number of aliphatic hydroxyl groups excluding tert-OH is 1. The molecule has 0 unspecified atom stereocenters. The van der Waals surface area contributed by atoms with Crippen molar-refractivity contribution < 1.29 is 9.90 Å². The van der Waals surface area contributed by atoms with Gasteiger partial charge in [0.25, 0.3) is 0 Å². The minimum atomic E-state index is -0.101. The normalized spacial score (nSPS) is 14.1. The van der Waals surface area contributed by atoms with Crippen LogP contribution in [0.5, 0.6) is 0 Å². The number of pyridine rings is 1. The summed E-state index contributed by atoms with van der Waals surface area (Å²) in [4.78, 5) is 15.9. The first kappa shape index (κ1) is 13.6. The lowest BCUT2D eigenvalue weighted by Crippen LogP contribution is -2.26. The number of aromatic nitrogens is 1. The molecule has 0 aliphatic carbocycles. The van der Waals surface area contributed by atoms with Crippen LogP contribution in [0.4, 0.5) is 5.69 Å². The second-order valence-electron chi connectivity index (χ2n) is 4.35. The van der Waals surface area contributed by atoms with Crippen LogP contribution in [0.15, 0.2) is 18.5 Å². The van der Waals surface area contributed by atoms with Crippen LogP contribution in [-0.4, -0.2) is 16.0 Å². The fourth-order valence-corrected chi connectivity index (χ4v) is 1.53. The number of aliphatic hydroxyl groups is 1. The van der Waals surface area contributed by atoms with Gasteiger partial charge in [0, 0.05) is 17.7 Å². The van der Waals surface area contributed by atoms with Gasteiger partial charge in [-0.1, -0.05) is 27.2 Å². The Hall–Kier alpha value is -1.42. The maximum absolute atomic E-state index is 12.0. The molecule has 0 aliphatic heterocycles. The molecule has 0 saturated heterocycles. The summed E-state index contributed by atoms with van der Waals surface area (Å²) in [6, 6.07) is 1.70. The molecule has 94 valence electrons. The summed E-state index contributed by atoms with van der Waals surface area (Å²) in [6.45, 7) is 5.94. The first-order chi connectivity index (χ1) is 8.10. The van der Waals surface area contributed by atoms with Gasteiger partial charge in [-0.3, -0.25) is 9.78 Å². The first-order valence-corrected chi connectivity index (χ1v) is 5.94. The first-order valence-electron chi connectivity index (χ1n) is 5.94. The van der Waals surface area contributed by atoms with Crippen LogP contribution in [-0.2, 0) is 11.4 Å². The maximum Gasteiger partial charge on any atom is 0.227 e. The number of rotatable bonds is 5. The van der Waals surface area contributed by atoms with Crippen LogP contribution < -0.4 is 5.32 Å². The highest BCUT2D eigenvalue weighted by Crippen LogP contribution is 2.19. The van der Waals surface area contributed by atoms with E-state index in [2.05, 4.69) is 24.1 Å². The van der Waals surface area contributed by atoms with Crippen LogP contribution >= 0.6 is 0 Å². The number of nitrogens with one attached hydrogen (secondary N) is 1. The van der Waals surface area contributed by atoms with E-state index in [0.29, 0.717) is 17.2 Å². The van der Waals surface area contributed by atoms with Gasteiger partial charge in [0.2, 0.25) is 5.91 Å². The highest BCUT2D eigenvalue weighted by atomic mass is 16.3. The van der Waals surface area contributed by atoms with Gasteiger partial charge < -0.3 is 10.4 Å². The van der Waals surface area contributed by atoms with Gasteiger partial charge in [-0.2, -0.15) is 0 Å². The lowest BCUT2D eigenvalue weighted by molar-refractivity contribution is -0.120. The fourth-order valence-electron chi connectivity index (χ4n) is 1.53. The Morgan fingerprint density at radius 2 is 2.24 bits per heavy atom. The number of hydrogen-bond acceptors (Lipinski definition) is 3. The molecule has 2 atom stereocenters. The van der Waals surface area contributed by atoms with Crippen molar-refractivity contribution in [1.29, 1.82) is 0 Å². The van der Waals surface area contributed by atoms with E-state index in [4.69, 9.17) is 5.11 Å². The second-order valence-corrected chi connectivity index (χ2v) is 4.35. The van der Waals surface area contributed by atoms with Gasteiger partial charge in [0.15, 0.2) is 0 Å². The summed E-state index contributed by atoms with van der Waals surface area (Å²) < 4.78 is 0. The Kier molecular flexibility index (Phi) is 5.10. The number of amides is 1. The van der Waals surface area contributed by atoms with Crippen molar-refractivity contribution >= 4 is 11.6 Å². The minimum Gasteiger partial charge on any atom is -0.392 e. The summed E-state index contributed by atoms with van der Waals surface area (Å²) in [5.41, 5.74) is 1.28. The molecule has 1 heterocycles. The average molecular weight is 236 g/mol. The Morgan fingerprint density at radius 3 is 2.82 bits per heavy atom. The van der Waals surface area contributed by atoms with Crippen LogP contribution in [0, 0.1) is 11.8 Å². The standard InChI is InChI=1S/C13H20N2O2/c1-4-9(2)10(3)13(17)15-12-7-14-6-5-11(12)8-16/h5-7,9-10,16H,4,8H2,1-3H3,(H,15,17)/t9-,10-/m0/s1. The molecule has 4 nitrogen and oxygen atoms in total. The molecule has 4 heteroatoms. The molecule has 0 aromatic carbocycles. The number of hydrogen-bond donors (Lipinski definition) is 2. The Labute approximate surface area is 102 Å². The maximum atomic E-state index is 12.0. The topological polar surface area (TPSA) is 62.2 Å². The zero-order valence-electron chi connectivity index (χ0n) is 10.6. The van der Waals surface area contributed by atoms with E-state index in [1.807, 2.05) is 6.92 Å². The molecular formula is C13H20N2O2. The van der Waals surface area contributed by atoms with Crippen molar-refractivity contribution in [3.05, 3.63) is 24.0 Å². The average Bonchev–Trinajstić information content (AvgIpc) is 2.37. The lowest BCUT2D eigenvalue weighted by atomic mass is 9.93. The third-order valence-electron chi connectivity index (χ3n) is 3.25. The minimum absolute atomic E-state index is 0.0259. The lowest BCUT2D eigenvalue weighted by Gasteiger charge is -2.18. The number of anilines is 1. The predicted molar refractivity (Wildman–Crippen MR) is 67.4 cm³/mol. The highest BCUT2D eigenvalue weighted by Gasteiger charge is 2.19. The molecule has 0 radical (unpaired) electrons. The van der Waals surface area contributed by atoms with E-state index in [-0.39, 0.29) is 18.4 Å². The van der Waals surface area contributed by atoms with E-state index in [9.17, 15) is 4.79 Å². The van der Waals surface area contributed by atoms with Gasteiger partial charge in [-0.15, -0.1) is 0 Å². The van der Waals surface area contributed by atoms with Crippen LogP contribution in [0.3, 0.4) is 0 Å². The van der Waals surface area contributed by atoms with E-state index in [0.717, 1.165) is 6.42 Å². The van der Waals surface area contributed by atoms with Gasteiger partial charge in [-0.05, 0) is 12.0 Å². The highest BCUT2D eigenvalue weighted by molar-refractivity contribution is 5.93. The summed E-state index contributed by atoms with van der Waals surface area (Å²) in [5, 5.41) is 12.0. The predicted octanol–water partition coefficient (Wildman–Crippen LogP) is 2.19. The monoisotopic (exact) mass is 236 g/mol. The smallest absolute Gasteiger partial charge is 0.227 e. The van der Waals surface area contributed by atoms with Crippen molar-refractivity contribution in [2.24, 2.45) is 11.8 Å². The van der Waals surface area contributed by atoms with E-state index >= 15 is 0 Å². The fraction of sp³-hybridized carbons (Fsp3) is 0.538. The second kappa shape index (κ2) is 6.35. The van der Waals surface area contributed by atoms with Gasteiger partial charge in [0.1, 0.15) is 0 Å². The van der Waals surface area contributed by atoms with Gasteiger partial charge in [0.05, 0.1) is 18.5 Å². The number of nitrogens with zero attached hydrogens (tertiary/aromatic N) is 1. The molecule has 0 aliphatic rings. The van der Waals surface area contributed by atoms with Crippen molar-refractivity contribution in [3.8, 4) is 0 Å². The molecule has 0 bridgehead atoms. The Bertz CT molecular complexity index is 379. The van der Waals surface area contributed by atoms with E-state index in [1.54, 1.807) is 18.5 Å². The summed E-state index contributed by atoms with van der Waals surface area (Å²) >= 11 is 0. The summed E-state index contributed by atoms with van der Waals surface area (Å²) in [6.07, 6.45) is 4.13. The molecule has 0 saturated carbocycles. The largest absolute Gasteiger partial charge is 0.392 e. The number of carbonyl (C=O) groups is 1. The van der Waals surface area contributed by atoms with Crippen molar-refractivity contribution in [3.63, 3.8) is 0 Å². The Morgan fingerprint density at radius 1 is 1.53 bits per heavy atom. The van der Waals surface area contributed by atoms with Crippen molar-refractivity contribution in [2.75, 3.05) is 5.32 Å². The van der Waals surface area contributed by atoms with Crippen LogP contribution in [0.25, 0.3) is 0 Å². The summed E-state index contributed by atoms with van der Waals surface area (Å²) in [7, 11) is 0. The molecule has 1 amide bonds. The molecule has 1 rings (SSSR count). The summed E-state index contributed by atoms with van der Waals surface area (Å²) in [5.74, 6) is 0.262. The van der Waals surface area contributed by atoms with Crippen molar-refractivity contribution in [2.45, 2.75) is 33.8 Å². The molecular weight excluding hydrogens is 216 g/mol. The molecule has 1 aromatic rings. The van der Waals surface area contributed by atoms with Crippen LogP contribution in [0.1, 0.15) is 32.8 Å². The zero-order valence-corrected chi connectivity index (χ0v) is 10.6. The molecule has 0 fully saturated rings. The van der Waals surface area contributed by atoms with E-state index < -0.39 is 0 Å². The van der Waals surface area contributed by atoms with Crippen LogP contribution in [0.2, 0.25) is 0 Å². The zero-order chi connectivity index (χ0) is 12.8. The quantitative estimate of drug-likeness (QED) is 0.823. The van der Waals surface area contributed by atoms with Gasteiger partial charge >= 0.3 is 0 Å². The van der Waals surface area contributed by atoms with Crippen molar-refractivity contribution in [1.82, 2.24) is 4.98 Å². The van der Waals surface area contributed by atoms with E-state index in [1.165, 1.54) is 0 Å². The molecule has 1 aromatic heterocycles. The Balaban J connectivity index is 2.74. The molecule has 2 N–H and O–H groups in total.